The number of pyridine rings is 1. The molecule has 0 aliphatic heterocycles. The highest BCUT2D eigenvalue weighted by Gasteiger charge is 2.09. The van der Waals surface area contributed by atoms with Crippen LogP contribution in [0.3, 0.4) is 0 Å². The summed E-state index contributed by atoms with van der Waals surface area (Å²) in [5.41, 5.74) is 2.10. The lowest BCUT2D eigenvalue weighted by molar-refractivity contribution is 0.558. The number of aromatic nitrogens is 1. The number of rotatable bonds is 7. The average molecular weight is 260 g/mol. The number of hydrogen-bond donors (Lipinski definition) is 1. The van der Waals surface area contributed by atoms with E-state index in [1.807, 2.05) is 20.2 Å². The van der Waals surface area contributed by atoms with Crippen LogP contribution < -0.4 is 10.2 Å². The SMILES string of the molecule is CCCNC(C)c1ccc(N(C)CC(C)C#N)cn1. The Kier molecular flexibility index (Phi) is 6.31. The molecule has 2 atom stereocenters. The summed E-state index contributed by atoms with van der Waals surface area (Å²) < 4.78 is 0. The first-order chi connectivity index (χ1) is 9.08. The van der Waals surface area contributed by atoms with Crippen LogP contribution >= 0.6 is 0 Å². The summed E-state index contributed by atoms with van der Waals surface area (Å²) in [5.74, 6) is 0.0230. The van der Waals surface area contributed by atoms with Gasteiger partial charge in [0.1, 0.15) is 0 Å². The van der Waals surface area contributed by atoms with Crippen molar-refractivity contribution in [2.24, 2.45) is 5.92 Å². The summed E-state index contributed by atoms with van der Waals surface area (Å²) >= 11 is 0. The molecule has 4 nitrogen and oxygen atoms in total. The van der Waals surface area contributed by atoms with Crippen LogP contribution in [0.15, 0.2) is 18.3 Å². The fraction of sp³-hybridized carbons (Fsp3) is 0.600. The highest BCUT2D eigenvalue weighted by molar-refractivity contribution is 5.44. The van der Waals surface area contributed by atoms with Crippen LogP contribution in [0, 0.1) is 17.2 Å². The first kappa shape index (κ1) is 15.5. The molecule has 0 saturated carbocycles. The van der Waals surface area contributed by atoms with E-state index in [1.165, 1.54) is 0 Å². The molecular formula is C15H24N4. The third-order valence-electron chi connectivity index (χ3n) is 3.12. The minimum atomic E-state index is 0.0230. The Bertz CT molecular complexity index is 407. The van der Waals surface area contributed by atoms with E-state index in [1.54, 1.807) is 0 Å². The maximum atomic E-state index is 8.83. The third-order valence-corrected chi connectivity index (χ3v) is 3.12. The molecule has 0 bridgehead atoms. The minimum Gasteiger partial charge on any atom is -0.372 e. The van der Waals surface area contributed by atoms with E-state index in [0.717, 1.165) is 30.9 Å². The smallest absolute Gasteiger partial charge is 0.0671 e. The number of nitrogens with zero attached hydrogens (tertiary/aromatic N) is 3. The van der Waals surface area contributed by atoms with Crippen molar-refractivity contribution in [2.75, 3.05) is 25.0 Å². The second-order valence-electron chi connectivity index (χ2n) is 5.03. The number of nitriles is 1. The van der Waals surface area contributed by atoms with Crippen LogP contribution in [0.4, 0.5) is 5.69 Å². The standard InChI is InChI=1S/C15H24N4/c1-5-8-17-13(3)15-7-6-14(10-18-15)19(4)11-12(2)9-16/h6-7,10,12-13,17H,5,8,11H2,1-4H3. The molecule has 1 aromatic heterocycles. The lowest BCUT2D eigenvalue weighted by atomic mass is 10.1. The number of nitrogens with one attached hydrogen (secondary N) is 1. The van der Waals surface area contributed by atoms with E-state index in [9.17, 15) is 0 Å². The monoisotopic (exact) mass is 260 g/mol. The summed E-state index contributed by atoms with van der Waals surface area (Å²) in [6, 6.07) is 6.64. The van der Waals surface area contributed by atoms with E-state index in [-0.39, 0.29) is 12.0 Å². The lowest BCUT2D eigenvalue weighted by Crippen LogP contribution is -2.24. The Hall–Kier alpha value is -1.60. The van der Waals surface area contributed by atoms with E-state index in [2.05, 4.69) is 47.3 Å². The molecule has 0 saturated heterocycles. The van der Waals surface area contributed by atoms with Gasteiger partial charge in [0.25, 0.3) is 0 Å². The quantitative estimate of drug-likeness (QED) is 0.819. The average Bonchev–Trinajstić information content (AvgIpc) is 2.44. The molecule has 0 radical (unpaired) electrons. The molecule has 0 spiro atoms. The van der Waals surface area contributed by atoms with Crippen LogP contribution in [0.2, 0.25) is 0 Å². The van der Waals surface area contributed by atoms with Crippen molar-refractivity contribution in [1.29, 1.82) is 5.26 Å². The van der Waals surface area contributed by atoms with Crippen molar-refractivity contribution in [3.05, 3.63) is 24.0 Å². The van der Waals surface area contributed by atoms with Gasteiger partial charge in [-0.3, -0.25) is 4.98 Å². The molecule has 104 valence electrons. The summed E-state index contributed by atoms with van der Waals surface area (Å²) in [7, 11) is 1.99. The summed E-state index contributed by atoms with van der Waals surface area (Å²) in [6.07, 6.45) is 3.00. The van der Waals surface area contributed by atoms with Gasteiger partial charge in [-0.05, 0) is 38.9 Å². The predicted octanol–water partition coefficient (Wildman–Crippen LogP) is 2.74. The predicted molar refractivity (Wildman–Crippen MR) is 79.0 cm³/mol. The molecule has 0 aromatic carbocycles. The normalized spacial score (nSPS) is 13.6. The molecule has 2 unspecified atom stereocenters. The Labute approximate surface area is 116 Å². The van der Waals surface area contributed by atoms with Crippen LogP contribution in [-0.2, 0) is 0 Å². The molecule has 1 rings (SSSR count). The molecule has 0 aliphatic carbocycles. The fourth-order valence-corrected chi connectivity index (χ4v) is 1.90. The molecule has 1 heterocycles. The first-order valence-electron chi connectivity index (χ1n) is 6.88. The van der Waals surface area contributed by atoms with Crippen LogP contribution in [-0.4, -0.2) is 25.1 Å². The second kappa shape index (κ2) is 7.75. The maximum absolute atomic E-state index is 8.83. The molecule has 0 fully saturated rings. The minimum absolute atomic E-state index is 0.0230. The van der Waals surface area contributed by atoms with Crippen LogP contribution in [0.5, 0.6) is 0 Å². The molecule has 1 aromatic rings. The molecule has 0 aliphatic rings. The maximum Gasteiger partial charge on any atom is 0.0671 e. The van der Waals surface area contributed by atoms with E-state index in [4.69, 9.17) is 5.26 Å². The highest BCUT2D eigenvalue weighted by Crippen LogP contribution is 2.16. The van der Waals surface area contributed by atoms with Crippen LogP contribution in [0.25, 0.3) is 0 Å². The van der Waals surface area contributed by atoms with E-state index in [0.29, 0.717) is 0 Å². The van der Waals surface area contributed by atoms with E-state index < -0.39 is 0 Å². The van der Waals surface area contributed by atoms with Gasteiger partial charge in [0, 0.05) is 19.6 Å². The third kappa shape index (κ3) is 4.88. The van der Waals surface area contributed by atoms with Gasteiger partial charge in [0.15, 0.2) is 0 Å². The lowest BCUT2D eigenvalue weighted by Gasteiger charge is -2.21. The molecule has 0 amide bonds. The van der Waals surface area contributed by atoms with Gasteiger partial charge in [-0.15, -0.1) is 0 Å². The zero-order valence-electron chi connectivity index (χ0n) is 12.3. The van der Waals surface area contributed by atoms with Crippen molar-refractivity contribution >= 4 is 5.69 Å². The fourth-order valence-electron chi connectivity index (χ4n) is 1.90. The molecule has 19 heavy (non-hydrogen) atoms. The van der Waals surface area contributed by atoms with Crippen molar-refractivity contribution < 1.29 is 0 Å². The van der Waals surface area contributed by atoms with Gasteiger partial charge in [-0.25, -0.2) is 0 Å². The van der Waals surface area contributed by atoms with Gasteiger partial charge in [0.2, 0.25) is 0 Å². The molecule has 4 heteroatoms. The molecular weight excluding hydrogens is 236 g/mol. The largest absolute Gasteiger partial charge is 0.372 e. The zero-order chi connectivity index (χ0) is 14.3. The van der Waals surface area contributed by atoms with E-state index >= 15 is 0 Å². The van der Waals surface area contributed by atoms with Gasteiger partial charge >= 0.3 is 0 Å². The van der Waals surface area contributed by atoms with Gasteiger partial charge < -0.3 is 10.2 Å². The number of hydrogen-bond acceptors (Lipinski definition) is 4. The Morgan fingerprint density at radius 1 is 1.42 bits per heavy atom. The van der Waals surface area contributed by atoms with Crippen molar-refractivity contribution in [1.82, 2.24) is 10.3 Å². The van der Waals surface area contributed by atoms with Crippen molar-refractivity contribution in [3.8, 4) is 6.07 Å². The summed E-state index contributed by atoms with van der Waals surface area (Å²) in [4.78, 5) is 6.56. The molecule has 1 N–H and O–H groups in total. The van der Waals surface area contributed by atoms with Gasteiger partial charge in [0.05, 0.1) is 29.6 Å². The van der Waals surface area contributed by atoms with Crippen LogP contribution in [0.1, 0.15) is 38.9 Å². The van der Waals surface area contributed by atoms with Crippen molar-refractivity contribution in [3.63, 3.8) is 0 Å². The first-order valence-corrected chi connectivity index (χ1v) is 6.88. The van der Waals surface area contributed by atoms with Gasteiger partial charge in [-0.1, -0.05) is 6.92 Å². The zero-order valence-corrected chi connectivity index (χ0v) is 12.3. The topological polar surface area (TPSA) is 52.0 Å². The Morgan fingerprint density at radius 3 is 2.68 bits per heavy atom. The summed E-state index contributed by atoms with van der Waals surface area (Å²) in [6.45, 7) is 7.93. The highest BCUT2D eigenvalue weighted by atomic mass is 15.1. The number of anilines is 1. The van der Waals surface area contributed by atoms with Gasteiger partial charge in [-0.2, -0.15) is 5.26 Å². The Morgan fingerprint density at radius 2 is 2.16 bits per heavy atom. The van der Waals surface area contributed by atoms with Crippen molar-refractivity contribution in [2.45, 2.75) is 33.2 Å². The second-order valence-corrected chi connectivity index (χ2v) is 5.03. The Balaban J connectivity index is 2.63. The summed E-state index contributed by atoms with van der Waals surface area (Å²) in [5, 5.41) is 12.2.